The average molecular weight is 1800 g/mol. The van der Waals surface area contributed by atoms with Crippen LogP contribution in [0.25, 0.3) is 163 Å². The Hall–Kier alpha value is -17.9. The van der Waals surface area contributed by atoms with Crippen LogP contribution in [0.15, 0.2) is 546 Å². The van der Waals surface area contributed by atoms with Gasteiger partial charge in [-0.15, -0.1) is 0 Å². The highest BCUT2D eigenvalue weighted by molar-refractivity contribution is 6.10. The van der Waals surface area contributed by atoms with Gasteiger partial charge in [-0.25, -0.2) is 0 Å². The van der Waals surface area contributed by atoms with E-state index >= 15 is 0 Å². The van der Waals surface area contributed by atoms with E-state index in [0.717, 1.165) is 0 Å². The van der Waals surface area contributed by atoms with Crippen LogP contribution in [0.1, 0.15) is 0 Å². The molecule has 0 fully saturated rings. The van der Waals surface area contributed by atoms with E-state index in [4.69, 9.17) is 0 Å². The molecule has 25 aromatic rings. The molecule has 25 rings (SSSR count). The summed E-state index contributed by atoms with van der Waals surface area (Å²) in [6, 6.07) is 195. The van der Waals surface area contributed by atoms with Crippen molar-refractivity contribution in [2.75, 3.05) is 59.7 Å². The second-order valence-corrected chi connectivity index (χ2v) is 35.7. The number of anilines is 10. The summed E-state index contributed by atoms with van der Waals surface area (Å²) in [5, 5.41) is 25.2. The lowest BCUT2D eigenvalue weighted by Crippen LogP contribution is -2.11. The van der Waals surface area contributed by atoms with Crippen LogP contribution >= 0.6 is 0 Å². The third kappa shape index (κ3) is 18.7. The fourth-order valence-electron chi connectivity index (χ4n) is 19.9. The summed E-state index contributed by atoms with van der Waals surface area (Å²) < 4.78 is 0. The Balaban J connectivity index is 0.000000104. The van der Waals surface area contributed by atoms with E-state index in [0.29, 0.717) is 0 Å². The van der Waals surface area contributed by atoms with Gasteiger partial charge in [-0.1, -0.05) is 461 Å². The highest BCUT2D eigenvalue weighted by Gasteiger charge is 2.21. The van der Waals surface area contributed by atoms with E-state index in [1.807, 2.05) is 0 Å². The lowest BCUT2D eigenvalue weighted by atomic mass is 9.97. The molecular formula is C135H105N5. The SMILES string of the molecule is CN(c1ccc2ccccc2c1)c1c(-c2ccccc2)ccc2ccccc12.CN(c1ccc2ccccc2c1)c1cc(-c2ccccc2)cc2ccccc12.CN(c1cccc2ccccc12)c1cccc2c(-c3ccccc3)cccc12.CN(c1cccc2ccccc12)c1cccc2cc(-c3ccccc3)ccc12.CN(c1cccc2ccccc12)c1cccc2ccc(-c3ccccc3)cc12. The smallest absolute Gasteiger partial charge is 0.0567 e. The van der Waals surface area contributed by atoms with E-state index in [1.54, 1.807) is 0 Å². The number of fused-ring (bicyclic) bond motifs is 10. The first-order valence-electron chi connectivity index (χ1n) is 48.0. The Kier molecular flexibility index (Phi) is 25.8. The molecule has 0 saturated carbocycles. The van der Waals surface area contributed by atoms with Gasteiger partial charge >= 0.3 is 0 Å². The summed E-state index contributed by atoms with van der Waals surface area (Å²) >= 11 is 0. The van der Waals surface area contributed by atoms with Gasteiger partial charge in [0.25, 0.3) is 0 Å². The van der Waals surface area contributed by atoms with Crippen LogP contribution in [0.3, 0.4) is 0 Å². The Labute approximate surface area is 820 Å². The van der Waals surface area contributed by atoms with E-state index in [9.17, 15) is 0 Å². The molecule has 0 unspecified atom stereocenters. The van der Waals surface area contributed by atoms with Crippen molar-refractivity contribution in [2.24, 2.45) is 0 Å². The van der Waals surface area contributed by atoms with Gasteiger partial charge in [-0.2, -0.15) is 0 Å². The maximum Gasteiger partial charge on any atom is 0.0567 e. The van der Waals surface area contributed by atoms with Crippen molar-refractivity contribution < 1.29 is 0 Å². The van der Waals surface area contributed by atoms with E-state index < -0.39 is 0 Å². The molecule has 140 heavy (non-hydrogen) atoms. The van der Waals surface area contributed by atoms with Crippen molar-refractivity contribution in [3.05, 3.63) is 546 Å². The largest absolute Gasteiger partial charge is 0.344 e. The van der Waals surface area contributed by atoms with Gasteiger partial charge in [0, 0.05) is 135 Å². The molecule has 0 aliphatic rings. The molecule has 670 valence electrons. The van der Waals surface area contributed by atoms with Crippen molar-refractivity contribution >= 4 is 165 Å². The average Bonchev–Trinajstić information content (AvgIpc) is 0.777. The molecule has 0 N–H and O–H groups in total. The van der Waals surface area contributed by atoms with Crippen molar-refractivity contribution in [1.82, 2.24) is 0 Å². The Morgan fingerprint density at radius 3 is 0.864 bits per heavy atom. The zero-order chi connectivity index (χ0) is 94.6. The van der Waals surface area contributed by atoms with Gasteiger partial charge in [0.15, 0.2) is 0 Å². The molecule has 0 atom stereocenters. The van der Waals surface area contributed by atoms with Crippen molar-refractivity contribution in [1.29, 1.82) is 0 Å². The highest BCUT2D eigenvalue weighted by atomic mass is 15.1. The topological polar surface area (TPSA) is 16.2 Å². The summed E-state index contributed by atoms with van der Waals surface area (Å²) in [6.07, 6.45) is 0. The van der Waals surface area contributed by atoms with Crippen LogP contribution in [-0.4, -0.2) is 35.2 Å². The Morgan fingerprint density at radius 1 is 0.114 bits per heavy atom. The molecule has 0 aliphatic carbocycles. The number of hydrogen-bond donors (Lipinski definition) is 0. The number of hydrogen-bond acceptors (Lipinski definition) is 5. The first-order valence-corrected chi connectivity index (χ1v) is 48.0. The molecule has 5 heteroatoms. The quantitative estimate of drug-likeness (QED) is 0.101. The maximum atomic E-state index is 2.32. The van der Waals surface area contributed by atoms with Gasteiger partial charge < -0.3 is 24.5 Å². The van der Waals surface area contributed by atoms with Crippen LogP contribution < -0.4 is 24.5 Å². The van der Waals surface area contributed by atoms with Gasteiger partial charge in [0.1, 0.15) is 0 Å². The van der Waals surface area contributed by atoms with Crippen LogP contribution in [0.2, 0.25) is 0 Å². The predicted molar refractivity (Wildman–Crippen MR) is 607 cm³/mol. The van der Waals surface area contributed by atoms with Crippen molar-refractivity contribution in [3.63, 3.8) is 0 Å². The Morgan fingerprint density at radius 2 is 0.393 bits per heavy atom. The summed E-state index contributed by atoms with van der Waals surface area (Å²) in [5.41, 5.74) is 24.6. The van der Waals surface area contributed by atoms with E-state index in [-0.39, 0.29) is 0 Å². The monoisotopic (exact) mass is 1800 g/mol. The molecule has 0 aromatic heterocycles. The molecule has 0 heterocycles. The van der Waals surface area contributed by atoms with Gasteiger partial charge in [0.2, 0.25) is 0 Å². The van der Waals surface area contributed by atoms with Crippen LogP contribution in [0, 0.1) is 0 Å². The van der Waals surface area contributed by atoms with Gasteiger partial charge in [-0.05, 0) is 200 Å². The van der Waals surface area contributed by atoms with Gasteiger partial charge in [-0.3, -0.25) is 0 Å². The number of rotatable bonds is 15. The number of benzene rings is 25. The van der Waals surface area contributed by atoms with E-state index in [2.05, 4.69) is 606 Å². The highest BCUT2D eigenvalue weighted by Crippen LogP contribution is 2.46. The summed E-state index contributed by atoms with van der Waals surface area (Å²) in [5.74, 6) is 0. The normalized spacial score (nSPS) is 11.0. The Bertz CT molecular complexity index is 8610. The second-order valence-electron chi connectivity index (χ2n) is 35.7. The molecule has 0 bridgehead atoms. The second kappa shape index (κ2) is 40.7. The molecule has 0 radical (unpaired) electrons. The van der Waals surface area contributed by atoms with Crippen LogP contribution in [-0.2, 0) is 0 Å². The lowest BCUT2D eigenvalue weighted by molar-refractivity contribution is 1.23. The first kappa shape index (κ1) is 88.7. The minimum absolute atomic E-state index is 1.19. The van der Waals surface area contributed by atoms with Gasteiger partial charge in [0.05, 0.1) is 5.69 Å². The summed E-state index contributed by atoms with van der Waals surface area (Å²) in [4.78, 5) is 11.5. The van der Waals surface area contributed by atoms with Crippen molar-refractivity contribution in [2.45, 2.75) is 0 Å². The minimum Gasteiger partial charge on any atom is -0.344 e. The lowest BCUT2D eigenvalue weighted by Gasteiger charge is -2.25. The fraction of sp³-hybridized carbons (Fsp3) is 0.0370. The zero-order valence-corrected chi connectivity index (χ0v) is 79.2. The molecular weight excluding hydrogens is 1690 g/mol. The summed E-state index contributed by atoms with van der Waals surface area (Å²) in [7, 11) is 10.8. The molecule has 0 amide bonds. The first-order chi connectivity index (χ1) is 69.0. The minimum atomic E-state index is 1.19. The fourth-order valence-corrected chi connectivity index (χ4v) is 19.9. The van der Waals surface area contributed by atoms with Crippen LogP contribution in [0.5, 0.6) is 0 Å². The third-order valence-electron chi connectivity index (χ3n) is 27.3. The summed E-state index contributed by atoms with van der Waals surface area (Å²) in [6.45, 7) is 0. The molecule has 0 saturated heterocycles. The molecule has 0 spiro atoms. The molecule has 5 nitrogen and oxygen atoms in total. The molecule has 0 aliphatic heterocycles. The maximum absolute atomic E-state index is 2.32. The standard InChI is InChI=1S/5C27H21N/c1-28(26-18-7-13-21-12-5-6-14-23(21)26)27-19-9-16-24-22(15-8-17-25(24)27)20-10-3-2-4-11-20;1-28(26-15-7-12-21-11-5-6-14-24(21)26)27-16-8-13-23-19-22(17-18-25(23)27)20-9-3-2-4-10-20;1-28(26-15-7-12-21-11-5-6-14-24(21)26)27-16-8-13-22-17-18-23(19-25(22)27)20-9-3-2-4-10-20;1-28(24-17-15-20-9-5-6-13-23(20)19-24)27-25-14-8-7-12-22(25)16-18-26(27)21-10-3-2-4-11-21;1-28(25-16-15-21-11-5-6-12-22(21)18-25)27-19-24(20-9-3-2-4-10-20)17-23-13-7-8-14-26(23)27/h5*2-19H,1H3. The zero-order valence-electron chi connectivity index (χ0n) is 79.2. The van der Waals surface area contributed by atoms with Crippen molar-refractivity contribution in [3.8, 4) is 55.6 Å². The van der Waals surface area contributed by atoms with Crippen LogP contribution in [0.4, 0.5) is 56.9 Å². The predicted octanol–water partition coefficient (Wildman–Crippen LogP) is 37.1. The number of nitrogens with zero attached hydrogens (tertiary/aromatic N) is 5. The molecule has 25 aromatic carbocycles. The third-order valence-corrected chi connectivity index (χ3v) is 27.3. The van der Waals surface area contributed by atoms with E-state index in [1.165, 1.54) is 220 Å².